The highest BCUT2D eigenvalue weighted by molar-refractivity contribution is 5.99. The van der Waals surface area contributed by atoms with Crippen molar-refractivity contribution >= 4 is 28.3 Å². The first kappa shape index (κ1) is 19.0. The van der Waals surface area contributed by atoms with Crippen molar-refractivity contribution in [2.75, 3.05) is 26.1 Å². The molecule has 7 nitrogen and oxygen atoms in total. The molecule has 3 N–H and O–H groups in total. The van der Waals surface area contributed by atoms with Crippen LogP contribution in [0.25, 0.3) is 10.8 Å². The van der Waals surface area contributed by atoms with Crippen LogP contribution in [0.3, 0.4) is 0 Å². The number of ether oxygens (including phenoxy) is 2. The van der Waals surface area contributed by atoms with E-state index in [0.717, 1.165) is 16.5 Å². The summed E-state index contributed by atoms with van der Waals surface area (Å²) in [6.07, 6.45) is 0. The van der Waals surface area contributed by atoms with Crippen molar-refractivity contribution in [2.45, 2.75) is 0 Å². The molecule has 0 aliphatic heterocycles. The zero-order chi connectivity index (χ0) is 19.9. The molecule has 2 amide bonds. The van der Waals surface area contributed by atoms with Crippen molar-refractivity contribution < 1.29 is 19.1 Å². The van der Waals surface area contributed by atoms with Gasteiger partial charge < -0.3 is 14.8 Å². The Morgan fingerprint density at radius 1 is 0.857 bits per heavy atom. The Morgan fingerprint density at radius 2 is 1.61 bits per heavy atom. The van der Waals surface area contributed by atoms with Crippen molar-refractivity contribution in [1.29, 1.82) is 0 Å². The van der Waals surface area contributed by atoms with Gasteiger partial charge in [-0.25, -0.2) is 0 Å². The molecule has 144 valence electrons. The zero-order valence-electron chi connectivity index (χ0n) is 15.6. The first-order valence-electron chi connectivity index (χ1n) is 8.64. The van der Waals surface area contributed by atoms with Crippen molar-refractivity contribution in [3.8, 4) is 11.5 Å². The van der Waals surface area contributed by atoms with Gasteiger partial charge in [-0.15, -0.1) is 0 Å². The smallest absolute Gasteiger partial charge is 0.269 e. The zero-order valence-corrected chi connectivity index (χ0v) is 15.6. The van der Waals surface area contributed by atoms with E-state index in [1.165, 1.54) is 0 Å². The third-order valence-electron chi connectivity index (χ3n) is 4.17. The minimum atomic E-state index is -0.400. The van der Waals surface area contributed by atoms with E-state index in [1.54, 1.807) is 38.5 Å². The summed E-state index contributed by atoms with van der Waals surface area (Å²) in [5.74, 6) is 0.597. The molecule has 0 saturated carbocycles. The van der Waals surface area contributed by atoms with Gasteiger partial charge in [0.2, 0.25) is 0 Å². The molecule has 3 aromatic carbocycles. The molecule has 7 heteroatoms. The Labute approximate surface area is 162 Å². The number of carbonyl (C=O) groups excluding carboxylic acids is 2. The lowest BCUT2D eigenvalue weighted by molar-refractivity contribution is -0.120. The second-order valence-corrected chi connectivity index (χ2v) is 5.98. The van der Waals surface area contributed by atoms with E-state index in [2.05, 4.69) is 16.2 Å². The number of hydrogen-bond donors (Lipinski definition) is 3. The number of rotatable bonds is 6. The van der Waals surface area contributed by atoms with E-state index in [1.807, 2.05) is 36.4 Å². The maximum Gasteiger partial charge on any atom is 0.269 e. The average molecular weight is 379 g/mol. The Balaban J connectivity index is 1.56. The number of nitrogens with one attached hydrogen (secondary N) is 3. The molecule has 3 aromatic rings. The predicted molar refractivity (Wildman–Crippen MR) is 108 cm³/mol. The van der Waals surface area contributed by atoms with Crippen molar-refractivity contribution in [3.05, 3.63) is 66.2 Å². The molecule has 0 heterocycles. The van der Waals surface area contributed by atoms with Crippen LogP contribution in [-0.2, 0) is 4.79 Å². The SMILES string of the molecule is COc1ccc2cc(C(=O)NNC(=O)CNc3ccccc3OC)ccc2c1. The number of anilines is 1. The monoisotopic (exact) mass is 379 g/mol. The Morgan fingerprint density at radius 3 is 2.39 bits per heavy atom. The molecular weight excluding hydrogens is 358 g/mol. The summed E-state index contributed by atoms with van der Waals surface area (Å²) in [6, 6.07) is 18.1. The summed E-state index contributed by atoms with van der Waals surface area (Å²) in [7, 11) is 3.16. The quantitative estimate of drug-likeness (QED) is 0.573. The number of hydrogen-bond acceptors (Lipinski definition) is 5. The van der Waals surface area contributed by atoms with Crippen LogP contribution >= 0.6 is 0 Å². The lowest BCUT2D eigenvalue weighted by atomic mass is 10.1. The number of hydrazine groups is 1. The van der Waals surface area contributed by atoms with Crippen molar-refractivity contribution in [3.63, 3.8) is 0 Å². The lowest BCUT2D eigenvalue weighted by Crippen LogP contribution is -2.44. The first-order valence-corrected chi connectivity index (χ1v) is 8.64. The normalized spacial score (nSPS) is 10.2. The third kappa shape index (κ3) is 4.50. The van der Waals surface area contributed by atoms with E-state index < -0.39 is 5.91 Å². The topological polar surface area (TPSA) is 88.7 Å². The highest BCUT2D eigenvalue weighted by Crippen LogP contribution is 2.23. The molecule has 0 unspecified atom stereocenters. The number of methoxy groups -OCH3 is 2. The van der Waals surface area contributed by atoms with Crippen LogP contribution in [0.15, 0.2) is 60.7 Å². The fourth-order valence-corrected chi connectivity index (χ4v) is 2.70. The van der Waals surface area contributed by atoms with Crippen LogP contribution in [0.2, 0.25) is 0 Å². The molecule has 0 radical (unpaired) electrons. The molecule has 0 aliphatic carbocycles. The second-order valence-electron chi connectivity index (χ2n) is 5.98. The molecule has 0 saturated heterocycles. The summed E-state index contributed by atoms with van der Waals surface area (Å²) < 4.78 is 10.4. The highest BCUT2D eigenvalue weighted by Gasteiger charge is 2.09. The highest BCUT2D eigenvalue weighted by atomic mass is 16.5. The molecule has 3 rings (SSSR count). The molecule has 0 spiro atoms. The molecule has 0 atom stereocenters. The van der Waals surface area contributed by atoms with E-state index in [-0.39, 0.29) is 12.5 Å². The number of fused-ring (bicyclic) bond motifs is 1. The maximum atomic E-state index is 12.3. The molecule has 28 heavy (non-hydrogen) atoms. The first-order chi connectivity index (χ1) is 13.6. The van der Waals surface area contributed by atoms with Gasteiger partial charge in [0.15, 0.2) is 0 Å². The number of carbonyl (C=O) groups is 2. The van der Waals surface area contributed by atoms with Crippen LogP contribution in [0.5, 0.6) is 11.5 Å². The van der Waals surface area contributed by atoms with E-state index in [9.17, 15) is 9.59 Å². The van der Waals surface area contributed by atoms with Gasteiger partial charge in [-0.1, -0.05) is 24.3 Å². The van der Waals surface area contributed by atoms with Crippen LogP contribution in [-0.4, -0.2) is 32.6 Å². The van der Waals surface area contributed by atoms with Crippen LogP contribution in [0.1, 0.15) is 10.4 Å². The van der Waals surface area contributed by atoms with Crippen LogP contribution in [0.4, 0.5) is 5.69 Å². The third-order valence-corrected chi connectivity index (χ3v) is 4.17. The van der Waals surface area contributed by atoms with Gasteiger partial charge in [-0.2, -0.15) is 0 Å². The molecule has 0 aromatic heterocycles. The van der Waals surface area contributed by atoms with Gasteiger partial charge in [-0.3, -0.25) is 20.4 Å². The summed E-state index contributed by atoms with van der Waals surface area (Å²) >= 11 is 0. The standard InChI is InChI=1S/C21H21N3O4/c1-27-17-10-9-14-11-16(8-7-15(14)12-17)21(26)24-23-20(25)13-22-18-5-3-4-6-19(18)28-2/h3-12,22H,13H2,1-2H3,(H,23,25)(H,24,26). The molecule has 0 aliphatic rings. The Hall–Kier alpha value is -3.74. The van der Waals surface area contributed by atoms with Crippen molar-refractivity contribution in [2.24, 2.45) is 0 Å². The molecular formula is C21H21N3O4. The molecule has 0 bridgehead atoms. The van der Waals surface area contributed by atoms with Crippen LogP contribution < -0.4 is 25.6 Å². The van der Waals surface area contributed by atoms with Gasteiger partial charge in [0.1, 0.15) is 11.5 Å². The minimum absolute atomic E-state index is 0.0157. The maximum absolute atomic E-state index is 12.3. The molecule has 0 fully saturated rings. The van der Waals surface area contributed by atoms with E-state index >= 15 is 0 Å². The van der Waals surface area contributed by atoms with Gasteiger partial charge >= 0.3 is 0 Å². The second kappa shape index (κ2) is 8.77. The van der Waals surface area contributed by atoms with Gasteiger partial charge in [0.05, 0.1) is 26.5 Å². The average Bonchev–Trinajstić information content (AvgIpc) is 2.75. The van der Waals surface area contributed by atoms with Crippen LogP contribution in [0, 0.1) is 0 Å². The summed E-state index contributed by atoms with van der Waals surface area (Å²) in [6.45, 7) is -0.0157. The summed E-state index contributed by atoms with van der Waals surface area (Å²) in [5.41, 5.74) is 5.94. The van der Waals surface area contributed by atoms with E-state index in [0.29, 0.717) is 17.0 Å². The fourth-order valence-electron chi connectivity index (χ4n) is 2.70. The predicted octanol–water partition coefficient (Wildman–Crippen LogP) is 2.73. The number of benzene rings is 3. The number of para-hydroxylation sites is 2. The Kier molecular flexibility index (Phi) is 5.96. The lowest BCUT2D eigenvalue weighted by Gasteiger charge is -2.12. The van der Waals surface area contributed by atoms with Gasteiger partial charge in [0, 0.05) is 5.56 Å². The largest absolute Gasteiger partial charge is 0.497 e. The van der Waals surface area contributed by atoms with Gasteiger partial charge in [0.25, 0.3) is 11.8 Å². The fraction of sp³-hybridized carbons (Fsp3) is 0.143. The van der Waals surface area contributed by atoms with Crippen molar-refractivity contribution in [1.82, 2.24) is 10.9 Å². The summed E-state index contributed by atoms with van der Waals surface area (Å²) in [5, 5.41) is 4.82. The van der Waals surface area contributed by atoms with Gasteiger partial charge in [-0.05, 0) is 47.2 Å². The number of amides is 2. The summed E-state index contributed by atoms with van der Waals surface area (Å²) in [4.78, 5) is 24.3. The van der Waals surface area contributed by atoms with E-state index in [4.69, 9.17) is 9.47 Å². The Bertz CT molecular complexity index is 1000. The minimum Gasteiger partial charge on any atom is -0.497 e.